The van der Waals surface area contributed by atoms with E-state index in [1.54, 1.807) is 12.1 Å². The highest BCUT2D eigenvalue weighted by Crippen LogP contribution is 2.26. The fourth-order valence-corrected chi connectivity index (χ4v) is 3.85. The van der Waals surface area contributed by atoms with Gasteiger partial charge in [0.25, 0.3) is 0 Å². The molecule has 4 N–H and O–H groups in total. The van der Waals surface area contributed by atoms with Crippen molar-refractivity contribution < 1.29 is 23.4 Å². The van der Waals surface area contributed by atoms with E-state index in [0.717, 1.165) is 17.9 Å². The molecule has 0 radical (unpaired) electrons. The molecule has 0 unspecified atom stereocenters. The second kappa shape index (κ2) is 13.3. The van der Waals surface area contributed by atoms with E-state index in [2.05, 4.69) is 36.7 Å². The first-order valence-electron chi connectivity index (χ1n) is 12.2. The third-order valence-electron chi connectivity index (χ3n) is 5.68. The molecule has 0 spiro atoms. The number of aliphatic hydroxyl groups is 1. The summed E-state index contributed by atoms with van der Waals surface area (Å²) in [6, 6.07) is 10.6. The number of ether oxygens (including phenoxy) is 1. The molecule has 2 heterocycles. The number of carbonyl (C=O) groups is 1. The van der Waals surface area contributed by atoms with Crippen molar-refractivity contribution in [1.29, 1.82) is 0 Å². The van der Waals surface area contributed by atoms with E-state index in [4.69, 9.17) is 16.3 Å². The van der Waals surface area contributed by atoms with Crippen molar-refractivity contribution in [3.63, 3.8) is 0 Å². The van der Waals surface area contributed by atoms with Gasteiger partial charge in [-0.25, -0.2) is 18.7 Å². The first-order valence-corrected chi connectivity index (χ1v) is 12.2. The third kappa shape index (κ3) is 7.47. The second-order valence-corrected chi connectivity index (χ2v) is 8.54. The largest absolute Gasteiger partial charge is 0.493 e. The number of terminal acetylenes is 1. The van der Waals surface area contributed by atoms with Crippen LogP contribution in [0.4, 0.5) is 26.1 Å². The maximum absolute atomic E-state index is 13.8. The first-order chi connectivity index (χ1) is 19.0. The van der Waals surface area contributed by atoms with Crippen molar-refractivity contribution in [1.82, 2.24) is 25.1 Å². The maximum atomic E-state index is 13.8. The van der Waals surface area contributed by atoms with Gasteiger partial charge in [0.15, 0.2) is 17.5 Å². The molecule has 0 aliphatic carbocycles. The van der Waals surface area contributed by atoms with Crippen LogP contribution in [0, 0.1) is 24.0 Å². The Hall–Kier alpha value is -4.60. The summed E-state index contributed by atoms with van der Waals surface area (Å²) in [6.45, 7) is 2.23. The molecule has 0 saturated heterocycles. The summed E-state index contributed by atoms with van der Waals surface area (Å²) in [6.07, 6.45) is 7.38. The Kier molecular flexibility index (Phi) is 9.34. The minimum atomic E-state index is -1.12. The maximum Gasteiger partial charge on any atom is 0.230 e. The standard InChI is InChI=1S/C27H27F2N7O3/c1-2-9-36(11-12-37)10-4-13-39-19-7-8-20-23(16-19)30-17-31-27(20)33-24-14-18(34-35-24)15-25(38)32-22-6-3-5-21(28)26(22)29/h1,3,5-8,14,16-17,37H,4,9-13,15H2,(H,32,38)(H2,30,31,33,34,35). The van der Waals surface area contributed by atoms with Crippen molar-refractivity contribution >= 4 is 34.1 Å². The SMILES string of the molecule is C#CCN(CCO)CCCOc1ccc2c(Nc3cc(CC(=O)Nc4cccc(F)c4F)[nH]n3)ncnc2c1. The number of aromatic amines is 1. The monoisotopic (exact) mass is 535 g/mol. The molecule has 0 aliphatic heterocycles. The average Bonchev–Trinajstić information content (AvgIpc) is 3.36. The summed E-state index contributed by atoms with van der Waals surface area (Å²) < 4.78 is 33.0. The summed E-state index contributed by atoms with van der Waals surface area (Å²) in [7, 11) is 0. The number of carbonyl (C=O) groups excluding carboxylic acids is 1. The molecule has 0 atom stereocenters. The van der Waals surface area contributed by atoms with E-state index >= 15 is 0 Å². The minimum Gasteiger partial charge on any atom is -0.493 e. The van der Waals surface area contributed by atoms with Crippen LogP contribution in [-0.4, -0.2) is 68.9 Å². The van der Waals surface area contributed by atoms with Gasteiger partial charge in [0.2, 0.25) is 5.91 Å². The molecule has 2 aromatic heterocycles. The molecule has 12 heteroatoms. The number of benzene rings is 2. The highest BCUT2D eigenvalue weighted by Gasteiger charge is 2.13. The number of aliphatic hydroxyl groups excluding tert-OH is 1. The smallest absolute Gasteiger partial charge is 0.230 e. The summed E-state index contributed by atoms with van der Waals surface area (Å²) >= 11 is 0. The van der Waals surface area contributed by atoms with Crippen LogP contribution < -0.4 is 15.4 Å². The Balaban J connectivity index is 1.34. The van der Waals surface area contributed by atoms with E-state index in [-0.39, 0.29) is 18.7 Å². The Bertz CT molecular complexity index is 1470. The molecule has 1 amide bonds. The number of rotatable bonds is 13. The zero-order valence-electron chi connectivity index (χ0n) is 21.0. The highest BCUT2D eigenvalue weighted by molar-refractivity contribution is 5.93. The topological polar surface area (TPSA) is 128 Å². The molecule has 0 fully saturated rings. The number of nitrogens with zero attached hydrogens (tertiary/aromatic N) is 4. The summed E-state index contributed by atoms with van der Waals surface area (Å²) in [5.41, 5.74) is 0.883. The molecule has 0 saturated carbocycles. The third-order valence-corrected chi connectivity index (χ3v) is 5.68. The highest BCUT2D eigenvalue weighted by atomic mass is 19.2. The second-order valence-electron chi connectivity index (χ2n) is 8.54. The summed E-state index contributed by atoms with van der Waals surface area (Å²) in [5, 5.41) is 22.2. The molecule has 4 rings (SSSR count). The first kappa shape index (κ1) is 27.4. The Morgan fingerprint density at radius 3 is 2.87 bits per heavy atom. The lowest BCUT2D eigenvalue weighted by molar-refractivity contribution is -0.115. The zero-order chi connectivity index (χ0) is 27.6. The number of fused-ring (bicyclic) bond motifs is 1. The van der Waals surface area contributed by atoms with E-state index in [9.17, 15) is 13.6 Å². The van der Waals surface area contributed by atoms with Crippen LogP contribution in [0.3, 0.4) is 0 Å². The molecule has 10 nitrogen and oxygen atoms in total. The Morgan fingerprint density at radius 1 is 1.18 bits per heavy atom. The minimum absolute atomic E-state index is 0.0516. The van der Waals surface area contributed by atoms with Crippen LogP contribution in [0.2, 0.25) is 0 Å². The van der Waals surface area contributed by atoms with E-state index < -0.39 is 17.5 Å². The molecule has 39 heavy (non-hydrogen) atoms. The van der Waals surface area contributed by atoms with Crippen LogP contribution in [0.25, 0.3) is 10.9 Å². The number of H-pyrrole nitrogens is 1. The fraction of sp³-hybridized carbons (Fsp3) is 0.259. The lowest BCUT2D eigenvalue weighted by Gasteiger charge is -2.18. The normalized spacial score (nSPS) is 10.9. The van der Waals surface area contributed by atoms with Crippen LogP contribution in [0.1, 0.15) is 12.1 Å². The Labute approximate surface area is 223 Å². The van der Waals surface area contributed by atoms with Gasteiger partial charge in [-0.2, -0.15) is 5.10 Å². The van der Waals surface area contributed by atoms with Gasteiger partial charge in [0, 0.05) is 36.3 Å². The van der Waals surface area contributed by atoms with Crippen LogP contribution in [0.15, 0.2) is 48.8 Å². The van der Waals surface area contributed by atoms with Gasteiger partial charge in [0.1, 0.15) is 17.9 Å². The summed E-state index contributed by atoms with van der Waals surface area (Å²) in [4.78, 5) is 22.9. The van der Waals surface area contributed by atoms with Crippen molar-refractivity contribution in [2.24, 2.45) is 0 Å². The van der Waals surface area contributed by atoms with Crippen LogP contribution >= 0.6 is 0 Å². The van der Waals surface area contributed by atoms with Gasteiger partial charge in [-0.1, -0.05) is 12.0 Å². The van der Waals surface area contributed by atoms with Gasteiger partial charge in [0.05, 0.1) is 37.4 Å². The molecule has 2 aromatic carbocycles. The van der Waals surface area contributed by atoms with Gasteiger partial charge in [-0.05, 0) is 30.7 Å². The number of nitrogens with one attached hydrogen (secondary N) is 3. The van der Waals surface area contributed by atoms with Crippen LogP contribution in [0.5, 0.6) is 5.75 Å². The van der Waals surface area contributed by atoms with E-state index in [0.29, 0.717) is 54.8 Å². The van der Waals surface area contributed by atoms with Crippen molar-refractivity contribution in [3.05, 3.63) is 66.1 Å². The number of amides is 1. The number of anilines is 3. The quantitative estimate of drug-likeness (QED) is 0.152. The lowest BCUT2D eigenvalue weighted by atomic mass is 10.2. The zero-order valence-corrected chi connectivity index (χ0v) is 21.0. The number of halogens is 2. The van der Waals surface area contributed by atoms with Crippen molar-refractivity contribution in [2.45, 2.75) is 12.8 Å². The fourth-order valence-electron chi connectivity index (χ4n) is 3.85. The molecule has 202 valence electrons. The predicted octanol–water partition coefficient (Wildman–Crippen LogP) is 3.25. The number of aromatic nitrogens is 4. The van der Waals surface area contributed by atoms with E-state index in [1.165, 1.54) is 18.5 Å². The molecular formula is C27H27F2N7O3. The predicted molar refractivity (Wildman–Crippen MR) is 143 cm³/mol. The van der Waals surface area contributed by atoms with Crippen molar-refractivity contribution in [2.75, 3.05) is 43.5 Å². The number of hydrogen-bond donors (Lipinski definition) is 4. The van der Waals surface area contributed by atoms with Gasteiger partial charge in [-0.15, -0.1) is 6.42 Å². The van der Waals surface area contributed by atoms with Gasteiger partial charge in [-0.3, -0.25) is 14.8 Å². The lowest BCUT2D eigenvalue weighted by Crippen LogP contribution is -2.29. The molecular weight excluding hydrogens is 508 g/mol. The summed E-state index contributed by atoms with van der Waals surface area (Å²) in [5.74, 6) is 1.45. The van der Waals surface area contributed by atoms with E-state index in [1.807, 2.05) is 17.0 Å². The Morgan fingerprint density at radius 2 is 2.05 bits per heavy atom. The van der Waals surface area contributed by atoms with Crippen molar-refractivity contribution in [3.8, 4) is 18.1 Å². The van der Waals surface area contributed by atoms with Gasteiger partial charge < -0.3 is 20.5 Å². The average molecular weight is 536 g/mol. The molecule has 0 aliphatic rings. The number of hydrogen-bond acceptors (Lipinski definition) is 8. The molecule has 4 aromatic rings. The molecule has 0 bridgehead atoms. The van der Waals surface area contributed by atoms with Gasteiger partial charge >= 0.3 is 0 Å². The van der Waals surface area contributed by atoms with Crippen LogP contribution in [-0.2, 0) is 11.2 Å².